The van der Waals surface area contributed by atoms with E-state index < -0.39 is 10.8 Å². The summed E-state index contributed by atoms with van der Waals surface area (Å²) in [5, 5.41) is 5.24. The van der Waals surface area contributed by atoms with Crippen molar-refractivity contribution < 1.29 is 13.8 Å². The van der Waals surface area contributed by atoms with Crippen molar-refractivity contribution in [3.05, 3.63) is 0 Å². The van der Waals surface area contributed by atoms with Crippen molar-refractivity contribution in [3.63, 3.8) is 0 Å². The van der Waals surface area contributed by atoms with Crippen molar-refractivity contribution in [1.82, 2.24) is 10.6 Å². The molecule has 2 amide bonds. The SMILES string of the molecule is CS(=O)CCNC(=O)C1CNC(=O)C1. The summed E-state index contributed by atoms with van der Waals surface area (Å²) < 4.78 is 10.7. The fraction of sp³-hybridized carbons (Fsp3) is 0.750. The Hall–Kier alpha value is -0.910. The molecule has 1 heterocycles. The van der Waals surface area contributed by atoms with Gasteiger partial charge in [-0.2, -0.15) is 0 Å². The maximum atomic E-state index is 11.4. The van der Waals surface area contributed by atoms with E-state index in [2.05, 4.69) is 10.6 Å². The van der Waals surface area contributed by atoms with E-state index in [0.29, 0.717) is 18.8 Å². The van der Waals surface area contributed by atoms with Gasteiger partial charge in [-0.25, -0.2) is 0 Å². The van der Waals surface area contributed by atoms with Gasteiger partial charge in [0, 0.05) is 42.3 Å². The predicted octanol–water partition coefficient (Wildman–Crippen LogP) is -1.38. The molecule has 0 spiro atoms. The summed E-state index contributed by atoms with van der Waals surface area (Å²) in [5.74, 6) is -0.00867. The van der Waals surface area contributed by atoms with Gasteiger partial charge in [0.15, 0.2) is 0 Å². The first-order chi connectivity index (χ1) is 6.59. The van der Waals surface area contributed by atoms with Crippen molar-refractivity contribution in [3.8, 4) is 0 Å². The van der Waals surface area contributed by atoms with Gasteiger partial charge in [0.25, 0.3) is 0 Å². The molecule has 1 saturated heterocycles. The molecule has 2 N–H and O–H groups in total. The zero-order chi connectivity index (χ0) is 10.6. The maximum absolute atomic E-state index is 11.4. The molecular weight excluding hydrogens is 204 g/mol. The summed E-state index contributed by atoms with van der Waals surface area (Å²) >= 11 is 0. The number of hydrogen-bond donors (Lipinski definition) is 2. The van der Waals surface area contributed by atoms with Crippen LogP contribution in [0.4, 0.5) is 0 Å². The maximum Gasteiger partial charge on any atom is 0.225 e. The Morgan fingerprint density at radius 1 is 1.71 bits per heavy atom. The Morgan fingerprint density at radius 3 is 2.93 bits per heavy atom. The summed E-state index contributed by atoms with van der Waals surface area (Å²) in [6, 6.07) is 0. The molecule has 2 atom stereocenters. The average molecular weight is 218 g/mol. The lowest BCUT2D eigenvalue weighted by molar-refractivity contribution is -0.126. The molecule has 2 unspecified atom stereocenters. The van der Waals surface area contributed by atoms with Gasteiger partial charge < -0.3 is 10.6 Å². The van der Waals surface area contributed by atoms with Crippen molar-refractivity contribution in [2.75, 3.05) is 25.1 Å². The van der Waals surface area contributed by atoms with E-state index in [4.69, 9.17) is 0 Å². The van der Waals surface area contributed by atoms with Gasteiger partial charge in [-0.15, -0.1) is 0 Å². The number of nitrogens with one attached hydrogen (secondary N) is 2. The standard InChI is InChI=1S/C8H14N2O3S/c1-14(13)3-2-9-8(12)6-4-7(11)10-5-6/h6H,2-5H2,1H3,(H,9,12)(H,10,11). The first kappa shape index (κ1) is 11.2. The van der Waals surface area contributed by atoms with Crippen molar-refractivity contribution in [2.45, 2.75) is 6.42 Å². The Balaban J connectivity index is 2.22. The largest absolute Gasteiger partial charge is 0.355 e. The van der Waals surface area contributed by atoms with E-state index in [1.54, 1.807) is 6.26 Å². The topological polar surface area (TPSA) is 75.3 Å². The molecule has 0 radical (unpaired) electrons. The minimum Gasteiger partial charge on any atom is -0.355 e. The Kier molecular flexibility index (Phi) is 4.06. The summed E-state index contributed by atoms with van der Waals surface area (Å²) in [5.41, 5.74) is 0. The van der Waals surface area contributed by atoms with Crippen LogP contribution in [0, 0.1) is 5.92 Å². The highest BCUT2D eigenvalue weighted by molar-refractivity contribution is 7.84. The van der Waals surface area contributed by atoms with Gasteiger partial charge in [-0.05, 0) is 0 Å². The molecule has 0 saturated carbocycles. The van der Waals surface area contributed by atoms with Gasteiger partial charge in [0.05, 0.1) is 5.92 Å². The van der Waals surface area contributed by atoms with E-state index in [9.17, 15) is 13.8 Å². The third-order valence-electron chi connectivity index (χ3n) is 2.04. The van der Waals surface area contributed by atoms with Crippen molar-refractivity contribution in [2.24, 2.45) is 5.92 Å². The van der Waals surface area contributed by atoms with Crippen molar-refractivity contribution in [1.29, 1.82) is 0 Å². The fourth-order valence-electron chi connectivity index (χ4n) is 1.25. The van der Waals surface area contributed by atoms with Crippen LogP contribution in [0.1, 0.15) is 6.42 Å². The second-order valence-electron chi connectivity index (χ2n) is 3.27. The lowest BCUT2D eigenvalue weighted by atomic mass is 10.1. The minimum atomic E-state index is -0.888. The van der Waals surface area contributed by atoms with Gasteiger partial charge in [-0.1, -0.05) is 0 Å². The number of carbonyl (C=O) groups excluding carboxylic acids is 2. The molecule has 0 aromatic heterocycles. The molecule has 1 aliphatic rings. The molecule has 0 aliphatic carbocycles. The van der Waals surface area contributed by atoms with Crippen LogP contribution in [0.2, 0.25) is 0 Å². The molecule has 6 heteroatoms. The van der Waals surface area contributed by atoms with E-state index in [-0.39, 0.29) is 24.2 Å². The monoisotopic (exact) mass is 218 g/mol. The fourth-order valence-corrected chi connectivity index (χ4v) is 1.64. The van der Waals surface area contributed by atoms with Crippen LogP contribution >= 0.6 is 0 Å². The summed E-state index contributed by atoms with van der Waals surface area (Å²) in [6.07, 6.45) is 1.86. The van der Waals surface area contributed by atoms with Crippen molar-refractivity contribution >= 4 is 22.6 Å². The van der Waals surface area contributed by atoms with Crippen LogP contribution in [0.3, 0.4) is 0 Å². The van der Waals surface area contributed by atoms with Crippen LogP contribution < -0.4 is 10.6 Å². The molecule has 0 aromatic carbocycles. The Morgan fingerprint density at radius 2 is 2.43 bits per heavy atom. The van der Waals surface area contributed by atoms with Crippen LogP contribution in [0.5, 0.6) is 0 Å². The normalized spacial score (nSPS) is 22.9. The quantitative estimate of drug-likeness (QED) is 0.610. The molecule has 80 valence electrons. The third kappa shape index (κ3) is 3.45. The molecule has 1 fully saturated rings. The van der Waals surface area contributed by atoms with E-state index >= 15 is 0 Å². The van der Waals surface area contributed by atoms with Crippen LogP contribution in [0.25, 0.3) is 0 Å². The van der Waals surface area contributed by atoms with E-state index in [1.807, 2.05) is 0 Å². The second-order valence-corrected chi connectivity index (χ2v) is 4.83. The molecule has 0 aromatic rings. The van der Waals surface area contributed by atoms with Crippen LogP contribution in [-0.2, 0) is 20.4 Å². The number of carbonyl (C=O) groups is 2. The van der Waals surface area contributed by atoms with Crippen LogP contribution in [0.15, 0.2) is 0 Å². The highest BCUT2D eigenvalue weighted by Gasteiger charge is 2.27. The lowest BCUT2D eigenvalue weighted by Gasteiger charge is -2.07. The molecule has 5 nitrogen and oxygen atoms in total. The lowest BCUT2D eigenvalue weighted by Crippen LogP contribution is -2.34. The van der Waals surface area contributed by atoms with Crippen LogP contribution in [-0.4, -0.2) is 41.1 Å². The smallest absolute Gasteiger partial charge is 0.225 e. The van der Waals surface area contributed by atoms with Gasteiger partial charge in [-0.3, -0.25) is 13.8 Å². The molecule has 1 aliphatic heterocycles. The average Bonchev–Trinajstić information content (AvgIpc) is 2.51. The summed E-state index contributed by atoms with van der Waals surface area (Å²) in [6.45, 7) is 0.826. The highest BCUT2D eigenvalue weighted by Crippen LogP contribution is 2.07. The minimum absolute atomic E-state index is 0.0794. The zero-order valence-corrected chi connectivity index (χ0v) is 8.86. The van der Waals surface area contributed by atoms with Gasteiger partial charge >= 0.3 is 0 Å². The zero-order valence-electron chi connectivity index (χ0n) is 8.04. The summed E-state index contributed by atoms with van der Waals surface area (Å²) in [7, 11) is -0.888. The number of hydrogen-bond acceptors (Lipinski definition) is 3. The second kappa shape index (κ2) is 5.09. The summed E-state index contributed by atoms with van der Waals surface area (Å²) in [4.78, 5) is 22.2. The number of amides is 2. The van der Waals surface area contributed by atoms with E-state index in [1.165, 1.54) is 0 Å². The molecule has 0 bridgehead atoms. The van der Waals surface area contributed by atoms with Gasteiger partial charge in [0.1, 0.15) is 0 Å². The molecule has 1 rings (SSSR count). The third-order valence-corrected chi connectivity index (χ3v) is 2.82. The highest BCUT2D eigenvalue weighted by atomic mass is 32.2. The first-order valence-electron chi connectivity index (χ1n) is 4.44. The predicted molar refractivity (Wildman–Crippen MR) is 53.1 cm³/mol. The first-order valence-corrected chi connectivity index (χ1v) is 6.16. The Bertz CT molecular complexity index is 267. The Labute approximate surface area is 85.1 Å². The molecule has 14 heavy (non-hydrogen) atoms. The van der Waals surface area contributed by atoms with Gasteiger partial charge in [0.2, 0.25) is 11.8 Å². The molecular formula is C8H14N2O3S. The number of rotatable bonds is 4. The van der Waals surface area contributed by atoms with E-state index in [0.717, 1.165) is 0 Å².